The number of nitrogens with zero attached hydrogens (tertiary/aromatic N) is 1. The summed E-state index contributed by atoms with van der Waals surface area (Å²) in [6.07, 6.45) is -3.46. The summed E-state index contributed by atoms with van der Waals surface area (Å²) in [5.41, 5.74) is -1.08. The third-order valence-electron chi connectivity index (χ3n) is 2.63. The van der Waals surface area contributed by atoms with Crippen LogP contribution in [0.4, 0.5) is 13.2 Å². The van der Waals surface area contributed by atoms with Gasteiger partial charge in [-0.1, -0.05) is 23.7 Å². The minimum atomic E-state index is -4.50. The molecule has 0 aliphatic carbocycles. The molecule has 0 fully saturated rings. The van der Waals surface area contributed by atoms with Crippen molar-refractivity contribution in [3.8, 4) is 0 Å². The summed E-state index contributed by atoms with van der Waals surface area (Å²) < 4.78 is 37.5. The zero-order valence-electron chi connectivity index (χ0n) is 9.70. The Labute approximate surface area is 116 Å². The van der Waals surface area contributed by atoms with Crippen LogP contribution in [0.3, 0.4) is 0 Å². The third-order valence-corrected chi connectivity index (χ3v) is 4.14. The molecule has 0 amide bonds. The average Bonchev–Trinajstić information content (AvgIpc) is 2.79. The van der Waals surface area contributed by atoms with Crippen molar-refractivity contribution in [1.82, 2.24) is 4.98 Å². The van der Waals surface area contributed by atoms with Gasteiger partial charge in [-0.25, -0.2) is 4.98 Å². The molecule has 1 N–H and O–H groups in total. The monoisotopic (exact) mass is 307 g/mol. The highest BCUT2D eigenvalue weighted by atomic mass is 35.5. The quantitative estimate of drug-likeness (QED) is 0.907. The van der Waals surface area contributed by atoms with E-state index in [0.29, 0.717) is 21.9 Å². The summed E-state index contributed by atoms with van der Waals surface area (Å²) in [5.74, 6) is 0. The molecule has 1 atom stereocenters. The van der Waals surface area contributed by atoms with Gasteiger partial charge < -0.3 is 5.11 Å². The fraction of sp³-hybridized carbons (Fsp3) is 0.250. The molecule has 19 heavy (non-hydrogen) atoms. The van der Waals surface area contributed by atoms with Crippen molar-refractivity contribution in [3.63, 3.8) is 0 Å². The fourth-order valence-electron chi connectivity index (χ4n) is 1.55. The summed E-state index contributed by atoms with van der Waals surface area (Å²) in [7, 11) is 0. The van der Waals surface area contributed by atoms with Crippen molar-refractivity contribution in [2.45, 2.75) is 18.7 Å². The van der Waals surface area contributed by atoms with Gasteiger partial charge in [-0.05, 0) is 24.6 Å². The lowest BCUT2D eigenvalue weighted by molar-refractivity contribution is -0.137. The van der Waals surface area contributed by atoms with E-state index in [9.17, 15) is 18.3 Å². The highest BCUT2D eigenvalue weighted by Crippen LogP contribution is 2.38. The number of halogens is 4. The highest BCUT2D eigenvalue weighted by molar-refractivity contribution is 7.11. The Morgan fingerprint density at radius 1 is 1.21 bits per heavy atom. The summed E-state index contributed by atoms with van der Waals surface area (Å²) >= 11 is 6.16. The first kappa shape index (κ1) is 14.3. The van der Waals surface area contributed by atoms with E-state index in [2.05, 4.69) is 4.98 Å². The molecule has 0 saturated heterocycles. The van der Waals surface area contributed by atoms with Crippen LogP contribution in [0.15, 0.2) is 30.5 Å². The number of benzene rings is 1. The van der Waals surface area contributed by atoms with Crippen molar-refractivity contribution in [2.24, 2.45) is 0 Å². The molecule has 0 radical (unpaired) electrons. The third kappa shape index (κ3) is 2.91. The van der Waals surface area contributed by atoms with Crippen LogP contribution in [0.5, 0.6) is 0 Å². The van der Waals surface area contributed by atoms with E-state index in [1.54, 1.807) is 24.3 Å². The summed E-state index contributed by atoms with van der Waals surface area (Å²) in [5, 5.41) is 9.90. The largest absolute Gasteiger partial charge is 0.443 e. The Morgan fingerprint density at radius 3 is 2.26 bits per heavy atom. The van der Waals surface area contributed by atoms with Gasteiger partial charge in [0.1, 0.15) is 5.60 Å². The van der Waals surface area contributed by atoms with Crippen LogP contribution in [-0.2, 0) is 11.8 Å². The minimum absolute atomic E-state index is 0.127. The van der Waals surface area contributed by atoms with E-state index in [1.807, 2.05) is 0 Å². The van der Waals surface area contributed by atoms with Gasteiger partial charge in [0.15, 0.2) is 5.01 Å². The SMILES string of the molecule is CC(O)(c1ccc(Cl)cc1)c1cnc(C(F)(F)F)s1. The summed E-state index contributed by atoms with van der Waals surface area (Å²) in [6, 6.07) is 6.26. The average molecular weight is 308 g/mol. The first-order chi connectivity index (χ1) is 8.71. The maximum absolute atomic E-state index is 12.5. The number of hydrogen-bond acceptors (Lipinski definition) is 3. The van der Waals surface area contributed by atoms with Crippen LogP contribution in [-0.4, -0.2) is 10.1 Å². The van der Waals surface area contributed by atoms with E-state index in [-0.39, 0.29) is 4.88 Å². The van der Waals surface area contributed by atoms with Crippen LogP contribution >= 0.6 is 22.9 Å². The van der Waals surface area contributed by atoms with Crippen molar-refractivity contribution < 1.29 is 18.3 Å². The molecule has 7 heteroatoms. The van der Waals surface area contributed by atoms with Gasteiger partial charge in [0.2, 0.25) is 0 Å². The number of hydrogen-bond donors (Lipinski definition) is 1. The molecule has 0 spiro atoms. The Bertz CT molecular complexity index is 577. The zero-order valence-corrected chi connectivity index (χ0v) is 11.3. The molecule has 0 saturated carbocycles. The molecule has 1 unspecified atom stereocenters. The maximum atomic E-state index is 12.5. The molecular weight excluding hydrogens is 299 g/mol. The molecule has 1 aromatic heterocycles. The van der Waals surface area contributed by atoms with E-state index in [0.717, 1.165) is 6.20 Å². The highest BCUT2D eigenvalue weighted by Gasteiger charge is 2.37. The van der Waals surface area contributed by atoms with Gasteiger partial charge in [-0.2, -0.15) is 13.2 Å². The van der Waals surface area contributed by atoms with Crippen LogP contribution in [0, 0.1) is 0 Å². The smallest absolute Gasteiger partial charge is 0.380 e. The standard InChI is InChI=1S/C12H9ClF3NOS/c1-11(18,7-2-4-8(13)5-3-7)9-6-17-10(19-9)12(14,15)16/h2-6,18H,1H3. The second kappa shape index (κ2) is 4.77. The fourth-order valence-corrected chi connectivity index (χ4v) is 2.52. The first-order valence-electron chi connectivity index (χ1n) is 5.23. The number of aliphatic hydroxyl groups is 1. The molecule has 0 bridgehead atoms. The summed E-state index contributed by atoms with van der Waals surface area (Å²) in [4.78, 5) is 3.43. The van der Waals surface area contributed by atoms with Crippen molar-refractivity contribution >= 4 is 22.9 Å². The predicted octanol–water partition coefficient (Wildman–Crippen LogP) is 4.07. The van der Waals surface area contributed by atoms with Crippen molar-refractivity contribution in [1.29, 1.82) is 0 Å². The van der Waals surface area contributed by atoms with Gasteiger partial charge in [0.25, 0.3) is 0 Å². The second-order valence-corrected chi connectivity index (χ2v) is 5.57. The second-order valence-electron chi connectivity index (χ2n) is 4.11. The van der Waals surface area contributed by atoms with Gasteiger partial charge in [-0.3, -0.25) is 0 Å². The molecular formula is C12H9ClF3NOS. The Balaban J connectivity index is 2.39. The van der Waals surface area contributed by atoms with Gasteiger partial charge >= 0.3 is 6.18 Å². The van der Waals surface area contributed by atoms with E-state index >= 15 is 0 Å². The van der Waals surface area contributed by atoms with E-state index in [4.69, 9.17) is 11.6 Å². The molecule has 2 nitrogen and oxygen atoms in total. The molecule has 1 heterocycles. The Hall–Kier alpha value is -1.11. The number of alkyl halides is 3. The first-order valence-corrected chi connectivity index (χ1v) is 6.42. The minimum Gasteiger partial charge on any atom is -0.380 e. The van der Waals surface area contributed by atoms with E-state index < -0.39 is 16.8 Å². The predicted molar refractivity (Wildman–Crippen MR) is 67.2 cm³/mol. The van der Waals surface area contributed by atoms with E-state index in [1.165, 1.54) is 6.92 Å². The zero-order chi connectivity index (χ0) is 14.3. The molecule has 0 aliphatic rings. The molecule has 1 aromatic carbocycles. The molecule has 2 aromatic rings. The van der Waals surface area contributed by atoms with Crippen LogP contribution < -0.4 is 0 Å². The number of rotatable bonds is 2. The van der Waals surface area contributed by atoms with Crippen molar-refractivity contribution in [2.75, 3.05) is 0 Å². The topological polar surface area (TPSA) is 33.1 Å². The van der Waals surface area contributed by atoms with Crippen molar-refractivity contribution in [3.05, 3.63) is 50.9 Å². The van der Waals surface area contributed by atoms with Crippen LogP contribution in [0.1, 0.15) is 22.4 Å². The maximum Gasteiger partial charge on any atom is 0.443 e. The molecule has 0 aliphatic heterocycles. The van der Waals surface area contributed by atoms with Gasteiger partial charge in [0.05, 0.1) is 4.88 Å². The Kier molecular flexibility index (Phi) is 3.59. The lowest BCUT2D eigenvalue weighted by atomic mass is 9.95. The van der Waals surface area contributed by atoms with Gasteiger partial charge in [-0.15, -0.1) is 11.3 Å². The molecule has 102 valence electrons. The lowest BCUT2D eigenvalue weighted by Gasteiger charge is -2.22. The lowest BCUT2D eigenvalue weighted by Crippen LogP contribution is -2.21. The number of thiazole rings is 1. The van der Waals surface area contributed by atoms with Gasteiger partial charge in [0, 0.05) is 11.2 Å². The van der Waals surface area contributed by atoms with Crippen LogP contribution in [0.2, 0.25) is 5.02 Å². The van der Waals surface area contributed by atoms with Crippen LogP contribution in [0.25, 0.3) is 0 Å². The molecule has 2 rings (SSSR count). The summed E-state index contributed by atoms with van der Waals surface area (Å²) in [6.45, 7) is 1.42. The number of aromatic nitrogens is 1. The normalized spacial score (nSPS) is 15.3. The Morgan fingerprint density at radius 2 is 1.79 bits per heavy atom.